The van der Waals surface area contributed by atoms with Crippen LogP contribution in [0.1, 0.15) is 0 Å². The minimum absolute atomic E-state index is 1.11. The molecule has 0 aliphatic rings. The summed E-state index contributed by atoms with van der Waals surface area (Å²) in [6.07, 6.45) is 0. The number of para-hydroxylation sites is 2. The number of rotatable bonds is 8. The van der Waals surface area contributed by atoms with E-state index < -0.39 is 0 Å². The molecule has 10 rings (SSSR count). The molecule has 0 radical (unpaired) electrons. The molecule has 0 aliphatic heterocycles. The highest BCUT2D eigenvalue weighted by Crippen LogP contribution is 2.46. The Morgan fingerprint density at radius 3 is 1.23 bits per heavy atom. The van der Waals surface area contributed by atoms with Crippen molar-refractivity contribution < 1.29 is 0 Å². The maximum Gasteiger partial charge on any atom is 0.0546 e. The molecule has 0 atom stereocenters. The fraction of sp³-hybridized carbons (Fsp3) is 0. The zero-order valence-corrected chi connectivity index (χ0v) is 30.8. The van der Waals surface area contributed by atoms with Crippen molar-refractivity contribution in [3.63, 3.8) is 0 Å². The Hall–Kier alpha value is -7.42. The quantitative estimate of drug-likeness (QED) is 0.145. The first-order valence-corrected chi connectivity index (χ1v) is 19.2. The molecule has 264 valence electrons. The second-order valence-corrected chi connectivity index (χ2v) is 14.1. The van der Waals surface area contributed by atoms with Gasteiger partial charge in [0.05, 0.1) is 11.4 Å². The number of hydrogen-bond acceptors (Lipinski definition) is 2. The van der Waals surface area contributed by atoms with Crippen molar-refractivity contribution in [2.75, 3.05) is 9.80 Å². The molecule has 0 unspecified atom stereocenters. The fourth-order valence-electron chi connectivity index (χ4n) is 8.23. The predicted molar refractivity (Wildman–Crippen MR) is 239 cm³/mol. The van der Waals surface area contributed by atoms with Crippen LogP contribution in [0.5, 0.6) is 0 Å². The Balaban J connectivity index is 1.18. The monoisotopic (exact) mass is 714 g/mol. The third kappa shape index (κ3) is 6.04. The van der Waals surface area contributed by atoms with Crippen LogP contribution < -0.4 is 9.80 Å². The first kappa shape index (κ1) is 33.2. The topological polar surface area (TPSA) is 6.48 Å². The van der Waals surface area contributed by atoms with Crippen LogP contribution in [0.25, 0.3) is 54.6 Å². The summed E-state index contributed by atoms with van der Waals surface area (Å²) in [5.41, 5.74) is 11.5. The lowest BCUT2D eigenvalue weighted by Crippen LogP contribution is -2.11. The number of hydrogen-bond donors (Lipinski definition) is 0. The maximum atomic E-state index is 2.41. The zero-order chi connectivity index (χ0) is 37.3. The van der Waals surface area contributed by atoms with E-state index in [-0.39, 0.29) is 0 Å². The summed E-state index contributed by atoms with van der Waals surface area (Å²) in [4.78, 5) is 4.80. The van der Waals surface area contributed by atoms with E-state index in [1.807, 2.05) is 0 Å². The van der Waals surface area contributed by atoms with Crippen LogP contribution in [-0.4, -0.2) is 0 Å². The van der Waals surface area contributed by atoms with E-state index >= 15 is 0 Å². The molecule has 0 saturated heterocycles. The van der Waals surface area contributed by atoms with Crippen LogP contribution in [0.15, 0.2) is 231 Å². The average Bonchev–Trinajstić information content (AvgIpc) is 3.28. The van der Waals surface area contributed by atoms with E-state index in [0.29, 0.717) is 0 Å². The van der Waals surface area contributed by atoms with Gasteiger partial charge in [0.1, 0.15) is 0 Å². The van der Waals surface area contributed by atoms with Crippen LogP contribution in [0, 0.1) is 0 Å². The van der Waals surface area contributed by atoms with Crippen molar-refractivity contribution in [3.05, 3.63) is 231 Å². The SMILES string of the molecule is c1ccc(-c2cccc(N(c3ccccc3)c3cccc4c3ccc3c4ccc4cccc(N(c5ccccc5)c5cccc(-c6ccccc6)c5)c43)c2)cc1. The largest absolute Gasteiger partial charge is 0.310 e. The van der Waals surface area contributed by atoms with E-state index in [9.17, 15) is 0 Å². The maximum absolute atomic E-state index is 2.41. The Labute approximate surface area is 327 Å². The highest BCUT2D eigenvalue weighted by molar-refractivity contribution is 6.23. The summed E-state index contributed by atoms with van der Waals surface area (Å²) >= 11 is 0. The number of nitrogens with zero attached hydrogens (tertiary/aromatic N) is 2. The van der Waals surface area contributed by atoms with Gasteiger partial charge in [0.2, 0.25) is 0 Å². The summed E-state index contributed by atoms with van der Waals surface area (Å²) in [7, 11) is 0. The third-order valence-corrected chi connectivity index (χ3v) is 10.8. The van der Waals surface area contributed by atoms with Crippen LogP contribution >= 0.6 is 0 Å². The van der Waals surface area contributed by atoms with Crippen molar-refractivity contribution in [2.24, 2.45) is 0 Å². The minimum atomic E-state index is 1.11. The molecule has 0 spiro atoms. The molecule has 0 aliphatic carbocycles. The van der Waals surface area contributed by atoms with Gasteiger partial charge in [-0.15, -0.1) is 0 Å². The summed E-state index contributed by atoms with van der Waals surface area (Å²) in [5, 5.41) is 7.29. The number of anilines is 6. The lowest BCUT2D eigenvalue weighted by atomic mass is 9.94. The normalized spacial score (nSPS) is 11.2. The molecule has 0 N–H and O–H groups in total. The standard InChI is InChI=1S/C54H38N2/c1-5-17-39(18-6-1)42-22-13-28-46(37-42)55(44-24-9-3-10-25-44)52-31-16-30-48-49-34-33-41-21-15-32-53(54(41)51(49)36-35-50(48)52)56(45-26-11-4-12-27-45)47-29-14-23-43(38-47)40-19-7-2-8-20-40/h1-38H. The fourth-order valence-corrected chi connectivity index (χ4v) is 8.23. The molecular weight excluding hydrogens is 677 g/mol. The van der Waals surface area contributed by atoms with Gasteiger partial charge < -0.3 is 9.80 Å². The lowest BCUT2D eigenvalue weighted by molar-refractivity contribution is 1.30. The van der Waals surface area contributed by atoms with Crippen molar-refractivity contribution in [2.45, 2.75) is 0 Å². The van der Waals surface area contributed by atoms with Crippen LogP contribution in [-0.2, 0) is 0 Å². The molecule has 2 nitrogen and oxygen atoms in total. The van der Waals surface area contributed by atoms with E-state index in [0.717, 1.165) is 34.1 Å². The van der Waals surface area contributed by atoms with Gasteiger partial charge in [-0.05, 0) is 104 Å². The molecular formula is C54H38N2. The van der Waals surface area contributed by atoms with Gasteiger partial charge in [0, 0.05) is 33.5 Å². The van der Waals surface area contributed by atoms with Crippen LogP contribution in [0.4, 0.5) is 34.1 Å². The summed E-state index contributed by atoms with van der Waals surface area (Å²) < 4.78 is 0. The second-order valence-electron chi connectivity index (χ2n) is 14.1. The van der Waals surface area contributed by atoms with Gasteiger partial charge in [0.15, 0.2) is 0 Å². The molecule has 56 heavy (non-hydrogen) atoms. The van der Waals surface area contributed by atoms with E-state index in [1.54, 1.807) is 0 Å². The minimum Gasteiger partial charge on any atom is -0.310 e. The van der Waals surface area contributed by atoms with Gasteiger partial charge in [-0.25, -0.2) is 0 Å². The number of benzene rings is 10. The van der Waals surface area contributed by atoms with E-state index in [1.165, 1.54) is 54.6 Å². The Kier molecular flexibility index (Phi) is 8.55. The predicted octanol–water partition coefficient (Wildman–Crippen LogP) is 15.4. The highest BCUT2D eigenvalue weighted by Gasteiger charge is 2.20. The van der Waals surface area contributed by atoms with Gasteiger partial charge in [-0.2, -0.15) is 0 Å². The molecule has 0 fully saturated rings. The van der Waals surface area contributed by atoms with Crippen molar-refractivity contribution in [1.29, 1.82) is 0 Å². The third-order valence-electron chi connectivity index (χ3n) is 10.8. The summed E-state index contributed by atoms with van der Waals surface area (Å²) in [5.74, 6) is 0. The average molecular weight is 715 g/mol. The Bertz CT molecular complexity index is 2960. The Morgan fingerprint density at radius 2 is 0.643 bits per heavy atom. The molecule has 0 bridgehead atoms. The van der Waals surface area contributed by atoms with Gasteiger partial charge >= 0.3 is 0 Å². The smallest absolute Gasteiger partial charge is 0.0546 e. The van der Waals surface area contributed by atoms with Crippen molar-refractivity contribution in [1.82, 2.24) is 0 Å². The van der Waals surface area contributed by atoms with Crippen molar-refractivity contribution >= 4 is 66.4 Å². The lowest BCUT2D eigenvalue weighted by Gasteiger charge is -2.28. The summed E-state index contributed by atoms with van der Waals surface area (Å²) in [6, 6.07) is 83.1. The second kappa shape index (κ2) is 14.4. The van der Waals surface area contributed by atoms with E-state index in [2.05, 4.69) is 240 Å². The van der Waals surface area contributed by atoms with E-state index in [4.69, 9.17) is 0 Å². The molecule has 0 heterocycles. The molecule has 2 heteroatoms. The number of fused-ring (bicyclic) bond motifs is 5. The van der Waals surface area contributed by atoms with Crippen molar-refractivity contribution in [3.8, 4) is 22.3 Å². The highest BCUT2D eigenvalue weighted by atomic mass is 15.1. The molecule has 0 aromatic heterocycles. The molecule has 10 aromatic rings. The summed E-state index contributed by atoms with van der Waals surface area (Å²) in [6.45, 7) is 0. The zero-order valence-electron chi connectivity index (χ0n) is 30.8. The van der Waals surface area contributed by atoms with Gasteiger partial charge in [-0.3, -0.25) is 0 Å². The van der Waals surface area contributed by atoms with Gasteiger partial charge in [-0.1, -0.05) is 170 Å². The first-order valence-electron chi connectivity index (χ1n) is 19.2. The van der Waals surface area contributed by atoms with Gasteiger partial charge in [0.25, 0.3) is 0 Å². The van der Waals surface area contributed by atoms with Crippen LogP contribution in [0.3, 0.4) is 0 Å². The molecule has 0 amide bonds. The molecule has 10 aromatic carbocycles. The Morgan fingerprint density at radius 1 is 0.232 bits per heavy atom. The molecule has 0 saturated carbocycles. The first-order chi connectivity index (χ1) is 27.8. The van der Waals surface area contributed by atoms with Crippen LogP contribution in [0.2, 0.25) is 0 Å².